The van der Waals surface area contributed by atoms with E-state index in [9.17, 15) is 8.78 Å². The normalized spacial score (nSPS) is 20.5. The number of nitrogens with zero attached hydrogens (tertiary/aromatic N) is 5. The zero-order chi connectivity index (χ0) is 20.1. The zero-order valence-electron chi connectivity index (χ0n) is 16.2. The molecule has 2 aromatic heterocycles. The van der Waals surface area contributed by atoms with E-state index in [1.807, 2.05) is 26.0 Å². The highest BCUT2D eigenvalue weighted by Crippen LogP contribution is 2.30. The van der Waals surface area contributed by atoms with Crippen molar-refractivity contribution in [1.29, 1.82) is 0 Å². The van der Waals surface area contributed by atoms with Gasteiger partial charge in [0, 0.05) is 43.0 Å². The first kappa shape index (κ1) is 18.0. The minimum Gasteiger partial charge on any atom is -0.350 e. The van der Waals surface area contributed by atoms with Gasteiger partial charge in [0.15, 0.2) is 5.82 Å². The van der Waals surface area contributed by atoms with Gasteiger partial charge >= 0.3 is 0 Å². The van der Waals surface area contributed by atoms with Gasteiger partial charge in [-0.15, -0.1) is 0 Å². The first-order valence-electron chi connectivity index (χ1n) is 9.61. The average Bonchev–Trinajstić information content (AvgIpc) is 3.39. The smallest absolute Gasteiger partial charge is 0.231 e. The van der Waals surface area contributed by atoms with E-state index in [2.05, 4.69) is 30.6 Å². The lowest BCUT2D eigenvalue weighted by Gasteiger charge is -2.29. The quantitative estimate of drug-likeness (QED) is 0.706. The predicted octanol–water partition coefficient (Wildman–Crippen LogP) is 2.85. The van der Waals surface area contributed by atoms with Gasteiger partial charge in [0.2, 0.25) is 5.95 Å². The van der Waals surface area contributed by atoms with Crippen molar-refractivity contribution in [3.63, 3.8) is 0 Å². The number of piperazine rings is 1. The van der Waals surface area contributed by atoms with Crippen LogP contribution in [0.25, 0.3) is 5.82 Å². The molecule has 2 aliphatic rings. The molecule has 2 atom stereocenters. The molecule has 0 unspecified atom stereocenters. The maximum absolute atomic E-state index is 14.2. The summed E-state index contributed by atoms with van der Waals surface area (Å²) in [7, 11) is 0. The highest BCUT2D eigenvalue weighted by molar-refractivity contribution is 5.59. The number of benzene rings is 1. The number of fused-ring (bicyclic) bond motifs is 2. The molecule has 4 heterocycles. The molecule has 2 saturated heterocycles. The summed E-state index contributed by atoms with van der Waals surface area (Å²) in [5.74, 6) is 0.275. The molecule has 9 heteroatoms. The first-order chi connectivity index (χ1) is 14.0. The van der Waals surface area contributed by atoms with Crippen LogP contribution in [0, 0.1) is 25.5 Å². The largest absolute Gasteiger partial charge is 0.350 e. The Labute approximate surface area is 166 Å². The minimum atomic E-state index is -0.698. The van der Waals surface area contributed by atoms with Crippen LogP contribution in [0.15, 0.2) is 30.3 Å². The van der Waals surface area contributed by atoms with Gasteiger partial charge in [-0.1, -0.05) is 0 Å². The minimum absolute atomic E-state index is 0.118. The highest BCUT2D eigenvalue weighted by atomic mass is 19.1. The summed E-state index contributed by atoms with van der Waals surface area (Å²) in [6.45, 7) is 5.65. The lowest BCUT2D eigenvalue weighted by molar-refractivity contribution is 0.576. The molecule has 7 nitrogen and oxygen atoms in total. The van der Waals surface area contributed by atoms with Crippen LogP contribution in [-0.4, -0.2) is 44.9 Å². The molecule has 0 radical (unpaired) electrons. The molecule has 2 aliphatic heterocycles. The van der Waals surface area contributed by atoms with E-state index in [0.29, 0.717) is 17.9 Å². The molecule has 2 bridgehead atoms. The SMILES string of the molecule is Cc1cc(C)n(-c2cc(N3C[C@H]4C[C@@H]3CN4)nc(Nc3ccc(F)cc3F)n2)n1. The Morgan fingerprint density at radius 2 is 1.93 bits per heavy atom. The van der Waals surface area contributed by atoms with Gasteiger partial charge in [-0.3, -0.25) is 0 Å². The van der Waals surface area contributed by atoms with Gasteiger partial charge in [0.05, 0.1) is 11.4 Å². The van der Waals surface area contributed by atoms with Crippen molar-refractivity contribution < 1.29 is 8.78 Å². The van der Waals surface area contributed by atoms with Gasteiger partial charge < -0.3 is 15.5 Å². The van der Waals surface area contributed by atoms with Crippen molar-refractivity contribution in [2.75, 3.05) is 23.3 Å². The summed E-state index contributed by atoms with van der Waals surface area (Å²) in [6.07, 6.45) is 1.08. The van der Waals surface area contributed by atoms with E-state index < -0.39 is 11.6 Å². The molecule has 5 rings (SSSR count). The van der Waals surface area contributed by atoms with Crippen LogP contribution in [0.5, 0.6) is 0 Å². The fraction of sp³-hybridized carbons (Fsp3) is 0.350. The monoisotopic (exact) mass is 397 g/mol. The number of aromatic nitrogens is 4. The van der Waals surface area contributed by atoms with Gasteiger partial charge in [-0.2, -0.15) is 15.1 Å². The third-order valence-electron chi connectivity index (χ3n) is 5.45. The second kappa shape index (κ2) is 6.77. The van der Waals surface area contributed by atoms with E-state index >= 15 is 0 Å². The Balaban J connectivity index is 1.57. The molecule has 0 spiro atoms. The Kier molecular flexibility index (Phi) is 4.20. The zero-order valence-corrected chi connectivity index (χ0v) is 16.2. The average molecular weight is 397 g/mol. The number of hydrogen-bond acceptors (Lipinski definition) is 6. The van der Waals surface area contributed by atoms with E-state index in [-0.39, 0.29) is 11.6 Å². The van der Waals surface area contributed by atoms with E-state index in [4.69, 9.17) is 0 Å². The molecule has 0 amide bonds. The molecule has 2 N–H and O–H groups in total. The molecule has 0 aliphatic carbocycles. The highest BCUT2D eigenvalue weighted by Gasteiger charge is 2.38. The summed E-state index contributed by atoms with van der Waals surface area (Å²) in [4.78, 5) is 11.4. The van der Waals surface area contributed by atoms with Crippen LogP contribution in [-0.2, 0) is 0 Å². The lowest BCUT2D eigenvalue weighted by atomic mass is 10.2. The summed E-state index contributed by atoms with van der Waals surface area (Å²) in [5.41, 5.74) is 1.94. The summed E-state index contributed by atoms with van der Waals surface area (Å²) >= 11 is 0. The van der Waals surface area contributed by atoms with Crippen molar-refractivity contribution in [2.24, 2.45) is 0 Å². The fourth-order valence-electron chi connectivity index (χ4n) is 4.15. The summed E-state index contributed by atoms with van der Waals surface area (Å²) in [6, 6.07) is 8.08. The van der Waals surface area contributed by atoms with Gasteiger partial charge in [-0.25, -0.2) is 13.5 Å². The molecule has 150 valence electrons. The standard InChI is InChI=1S/C20H21F2N7/c1-11-5-12(2)29(27-11)19-8-18(28-10-14-7-15(28)9-23-14)25-20(26-19)24-17-4-3-13(21)6-16(17)22/h3-6,8,14-15,23H,7,9-10H2,1-2H3,(H,24,25,26)/t14-,15-/m1/s1. The van der Waals surface area contributed by atoms with Crippen molar-refractivity contribution in [2.45, 2.75) is 32.4 Å². The van der Waals surface area contributed by atoms with Gasteiger partial charge in [0.1, 0.15) is 17.5 Å². The first-order valence-corrected chi connectivity index (χ1v) is 9.61. The van der Waals surface area contributed by atoms with Crippen LogP contribution in [0.1, 0.15) is 17.8 Å². The predicted molar refractivity (Wildman–Crippen MR) is 106 cm³/mol. The molecule has 0 saturated carbocycles. The molecular weight excluding hydrogens is 376 g/mol. The Morgan fingerprint density at radius 3 is 2.59 bits per heavy atom. The van der Waals surface area contributed by atoms with Gasteiger partial charge in [0.25, 0.3) is 0 Å². The molecule has 3 aromatic rings. The number of anilines is 3. The van der Waals surface area contributed by atoms with Crippen molar-refractivity contribution in [3.8, 4) is 5.82 Å². The molecule has 2 fully saturated rings. The van der Waals surface area contributed by atoms with E-state index in [1.165, 1.54) is 12.1 Å². The Hall–Kier alpha value is -3.07. The Bertz CT molecular complexity index is 1080. The third-order valence-corrected chi connectivity index (χ3v) is 5.45. The number of hydrogen-bond donors (Lipinski definition) is 2. The lowest BCUT2D eigenvalue weighted by Crippen LogP contribution is -2.44. The van der Waals surface area contributed by atoms with Crippen molar-refractivity contribution >= 4 is 17.5 Å². The molecular formula is C20H21F2N7. The summed E-state index contributed by atoms with van der Waals surface area (Å²) < 4.78 is 29.2. The van der Waals surface area contributed by atoms with Crippen molar-refractivity contribution in [3.05, 3.63) is 53.4 Å². The van der Waals surface area contributed by atoms with E-state index in [0.717, 1.165) is 42.8 Å². The molecule has 1 aromatic carbocycles. The number of halogens is 2. The third kappa shape index (κ3) is 3.31. The topological polar surface area (TPSA) is 70.9 Å². The van der Waals surface area contributed by atoms with Crippen LogP contribution in [0.3, 0.4) is 0 Å². The maximum Gasteiger partial charge on any atom is 0.231 e. The van der Waals surface area contributed by atoms with Crippen LogP contribution in [0.2, 0.25) is 0 Å². The number of aryl methyl sites for hydroxylation is 2. The number of rotatable bonds is 4. The Morgan fingerprint density at radius 1 is 1.10 bits per heavy atom. The van der Waals surface area contributed by atoms with Crippen LogP contribution >= 0.6 is 0 Å². The second-order valence-corrected chi connectivity index (χ2v) is 7.64. The van der Waals surface area contributed by atoms with Gasteiger partial charge in [-0.05, 0) is 38.5 Å². The summed E-state index contributed by atoms with van der Waals surface area (Å²) in [5, 5.41) is 10.9. The van der Waals surface area contributed by atoms with Crippen molar-refractivity contribution in [1.82, 2.24) is 25.1 Å². The van der Waals surface area contributed by atoms with Crippen LogP contribution in [0.4, 0.5) is 26.2 Å². The number of nitrogens with one attached hydrogen (secondary N) is 2. The van der Waals surface area contributed by atoms with Crippen LogP contribution < -0.4 is 15.5 Å². The fourth-order valence-corrected chi connectivity index (χ4v) is 4.15. The van der Waals surface area contributed by atoms with E-state index in [1.54, 1.807) is 4.68 Å². The maximum atomic E-state index is 14.2. The second-order valence-electron chi connectivity index (χ2n) is 7.64. The molecule has 29 heavy (non-hydrogen) atoms.